The normalized spacial score (nSPS) is 21.8. The molecule has 0 unspecified atom stereocenters. The van der Waals surface area contributed by atoms with Crippen molar-refractivity contribution in [1.82, 2.24) is 9.29 Å². The highest BCUT2D eigenvalue weighted by Gasteiger charge is 2.51. The van der Waals surface area contributed by atoms with Crippen molar-refractivity contribution in [3.8, 4) is 0 Å². The molecule has 0 saturated carbocycles. The van der Waals surface area contributed by atoms with Gasteiger partial charge in [-0.15, -0.1) is 0 Å². The molecule has 146 valence electrons. The van der Waals surface area contributed by atoms with Crippen LogP contribution in [0.5, 0.6) is 0 Å². The van der Waals surface area contributed by atoms with Crippen LogP contribution in [-0.4, -0.2) is 43.1 Å². The molecule has 1 fully saturated rings. The van der Waals surface area contributed by atoms with Gasteiger partial charge in [-0.1, -0.05) is 6.92 Å². The summed E-state index contributed by atoms with van der Waals surface area (Å²) in [4.78, 5) is 4.53. The maximum atomic E-state index is 12.9. The molecule has 0 amide bonds. The lowest BCUT2D eigenvalue weighted by atomic mass is 9.79. The van der Waals surface area contributed by atoms with E-state index < -0.39 is 18.1 Å². The van der Waals surface area contributed by atoms with Crippen molar-refractivity contribution in [2.24, 2.45) is 0 Å². The molecule has 7 heteroatoms. The first-order valence-electron chi connectivity index (χ1n) is 9.30. The Morgan fingerprint density at radius 3 is 2.23 bits per heavy atom. The molecule has 1 aromatic rings. The van der Waals surface area contributed by atoms with Gasteiger partial charge in [0.1, 0.15) is 11.0 Å². The second-order valence-electron chi connectivity index (χ2n) is 8.87. The van der Waals surface area contributed by atoms with E-state index in [1.165, 1.54) is 0 Å². The third-order valence-electron chi connectivity index (χ3n) is 5.24. The van der Waals surface area contributed by atoms with Crippen molar-refractivity contribution >= 4 is 23.6 Å². The van der Waals surface area contributed by atoms with Gasteiger partial charge in [0, 0.05) is 12.7 Å². The van der Waals surface area contributed by atoms with Crippen molar-refractivity contribution in [3.63, 3.8) is 0 Å². The Morgan fingerprint density at radius 1 is 1.23 bits per heavy atom. The van der Waals surface area contributed by atoms with Gasteiger partial charge in [0.15, 0.2) is 0 Å². The quantitative estimate of drug-likeness (QED) is 0.736. The van der Waals surface area contributed by atoms with Crippen LogP contribution in [0.1, 0.15) is 74.0 Å². The molecule has 1 aliphatic heterocycles. The van der Waals surface area contributed by atoms with Gasteiger partial charge in [-0.05, 0) is 73.0 Å². The van der Waals surface area contributed by atoms with Crippen LogP contribution >= 0.6 is 0 Å². The summed E-state index contributed by atoms with van der Waals surface area (Å²) in [6.45, 7) is 18.9. The second-order valence-corrected chi connectivity index (χ2v) is 11.1. The standard InChI is InChI=1S/C19H33BN2O3S/c1-10-22(26(23)17(3,4)5)14(2)16-13-15(11-12-21-16)20-24-18(6,7)19(8,9)25-20/h11-14H,10H2,1-9H3/t14-,26-/m1/s1. The molecule has 0 bridgehead atoms. The number of hydrogen-bond donors (Lipinski definition) is 0. The Bertz CT molecular complexity index is 657. The third-order valence-corrected chi connectivity index (χ3v) is 7.29. The molecular weight excluding hydrogens is 347 g/mol. The van der Waals surface area contributed by atoms with Crippen LogP contribution in [-0.2, 0) is 20.3 Å². The average molecular weight is 380 g/mol. The van der Waals surface area contributed by atoms with Crippen molar-refractivity contribution in [2.75, 3.05) is 6.54 Å². The molecule has 0 spiro atoms. The van der Waals surface area contributed by atoms with Crippen LogP contribution in [0.3, 0.4) is 0 Å². The molecule has 5 nitrogen and oxygen atoms in total. The highest BCUT2D eigenvalue weighted by atomic mass is 32.2. The lowest BCUT2D eigenvalue weighted by Crippen LogP contribution is -2.41. The summed E-state index contributed by atoms with van der Waals surface area (Å²) in [6, 6.07) is 3.87. The molecule has 2 heterocycles. The Morgan fingerprint density at radius 2 is 1.77 bits per heavy atom. The lowest BCUT2D eigenvalue weighted by molar-refractivity contribution is 0.00578. The van der Waals surface area contributed by atoms with E-state index >= 15 is 0 Å². The number of aromatic nitrogens is 1. The number of nitrogens with zero attached hydrogens (tertiary/aromatic N) is 2. The molecule has 1 aromatic heterocycles. The molecule has 1 saturated heterocycles. The summed E-state index contributed by atoms with van der Waals surface area (Å²) in [6.07, 6.45) is 1.78. The summed E-state index contributed by atoms with van der Waals surface area (Å²) in [5, 5.41) is 0. The zero-order valence-corrected chi connectivity index (χ0v) is 18.4. The first-order valence-corrected chi connectivity index (χ1v) is 10.4. The minimum atomic E-state index is -1.11. The Hall–Kier alpha value is -0.755. The average Bonchev–Trinajstić information content (AvgIpc) is 2.75. The third kappa shape index (κ3) is 4.21. The predicted molar refractivity (Wildman–Crippen MR) is 109 cm³/mol. The molecule has 2 rings (SSSR count). The number of rotatable bonds is 5. The fourth-order valence-electron chi connectivity index (χ4n) is 2.85. The Kier molecular flexibility index (Phi) is 6.08. The zero-order valence-electron chi connectivity index (χ0n) is 17.6. The van der Waals surface area contributed by atoms with Crippen LogP contribution in [0.4, 0.5) is 0 Å². The largest absolute Gasteiger partial charge is 0.494 e. The lowest BCUT2D eigenvalue weighted by Gasteiger charge is -2.32. The minimum absolute atomic E-state index is 0.0672. The van der Waals surface area contributed by atoms with Crippen molar-refractivity contribution in [2.45, 2.75) is 84.3 Å². The first-order chi connectivity index (χ1) is 11.8. The van der Waals surface area contributed by atoms with Gasteiger partial charge >= 0.3 is 7.12 Å². The smallest absolute Gasteiger partial charge is 0.399 e. The fraction of sp³-hybridized carbons (Fsp3) is 0.737. The molecular formula is C19H33BN2O3S. The van der Waals surface area contributed by atoms with Gasteiger partial charge in [-0.3, -0.25) is 4.98 Å². The summed E-state index contributed by atoms with van der Waals surface area (Å²) < 4.78 is 26.9. The van der Waals surface area contributed by atoms with Crippen LogP contribution < -0.4 is 5.46 Å². The summed E-state index contributed by atoms with van der Waals surface area (Å²) in [7, 11) is -1.53. The van der Waals surface area contributed by atoms with E-state index in [4.69, 9.17) is 9.31 Å². The Labute approximate surface area is 161 Å². The second kappa shape index (κ2) is 7.34. The zero-order chi connectivity index (χ0) is 19.9. The monoisotopic (exact) mass is 380 g/mol. The van der Waals surface area contributed by atoms with Gasteiger partial charge in [0.25, 0.3) is 0 Å². The van der Waals surface area contributed by atoms with E-state index in [1.54, 1.807) is 6.20 Å². The minimum Gasteiger partial charge on any atom is -0.399 e. The van der Waals surface area contributed by atoms with E-state index in [2.05, 4.69) is 4.98 Å². The summed E-state index contributed by atoms with van der Waals surface area (Å²) >= 11 is 0. The van der Waals surface area contributed by atoms with E-state index in [9.17, 15) is 4.21 Å². The van der Waals surface area contributed by atoms with E-state index in [0.29, 0.717) is 6.54 Å². The number of pyridine rings is 1. The van der Waals surface area contributed by atoms with Crippen LogP contribution in [0.2, 0.25) is 0 Å². The molecule has 0 aromatic carbocycles. The predicted octanol–water partition coefficient (Wildman–Crippen LogP) is 3.23. The topological polar surface area (TPSA) is 51.7 Å². The van der Waals surface area contributed by atoms with Gasteiger partial charge in [0.2, 0.25) is 0 Å². The maximum absolute atomic E-state index is 12.9. The SMILES string of the molecule is CCN([C@H](C)c1cc(B2OC(C)(C)C(C)(C)O2)ccn1)[S@](=O)C(C)(C)C. The van der Waals surface area contributed by atoms with E-state index in [1.807, 2.05) is 78.8 Å². The fourth-order valence-corrected chi connectivity index (χ4v) is 4.19. The molecule has 2 atom stereocenters. The molecule has 0 N–H and O–H groups in total. The van der Waals surface area contributed by atoms with Gasteiger partial charge in [-0.2, -0.15) is 0 Å². The highest BCUT2D eigenvalue weighted by molar-refractivity contribution is 7.84. The summed E-state index contributed by atoms with van der Waals surface area (Å²) in [5.74, 6) is 0. The first kappa shape index (κ1) is 21.5. The van der Waals surface area contributed by atoms with Gasteiger partial charge < -0.3 is 9.31 Å². The van der Waals surface area contributed by atoms with Crippen molar-refractivity contribution < 1.29 is 13.5 Å². The van der Waals surface area contributed by atoms with Crippen molar-refractivity contribution in [3.05, 3.63) is 24.0 Å². The van der Waals surface area contributed by atoms with E-state index in [0.717, 1.165) is 11.2 Å². The van der Waals surface area contributed by atoms with Crippen LogP contribution in [0, 0.1) is 0 Å². The molecule has 0 aliphatic carbocycles. The van der Waals surface area contributed by atoms with Gasteiger partial charge in [-0.25, -0.2) is 8.51 Å². The van der Waals surface area contributed by atoms with Crippen LogP contribution in [0.15, 0.2) is 18.3 Å². The molecule has 26 heavy (non-hydrogen) atoms. The van der Waals surface area contributed by atoms with Crippen LogP contribution in [0.25, 0.3) is 0 Å². The molecule has 0 radical (unpaired) electrons. The van der Waals surface area contributed by atoms with E-state index in [-0.39, 0.29) is 22.0 Å². The molecule has 1 aliphatic rings. The van der Waals surface area contributed by atoms with Gasteiger partial charge in [0.05, 0.1) is 27.7 Å². The van der Waals surface area contributed by atoms with Crippen molar-refractivity contribution in [1.29, 1.82) is 0 Å². The maximum Gasteiger partial charge on any atom is 0.494 e. The Balaban J connectivity index is 2.28. The highest BCUT2D eigenvalue weighted by Crippen LogP contribution is 2.36. The number of hydrogen-bond acceptors (Lipinski definition) is 4. The summed E-state index contributed by atoms with van der Waals surface area (Å²) in [5.41, 5.74) is 1.06.